The summed E-state index contributed by atoms with van der Waals surface area (Å²) >= 11 is 0. The Morgan fingerprint density at radius 1 is 1.16 bits per heavy atom. The Morgan fingerprint density at radius 2 is 1.80 bits per heavy atom. The summed E-state index contributed by atoms with van der Waals surface area (Å²) in [7, 11) is 0. The van der Waals surface area contributed by atoms with E-state index >= 15 is 0 Å². The molecular weight excluding hydrogens is 334 g/mol. The third kappa shape index (κ3) is 7.31. The van der Waals surface area contributed by atoms with Crippen molar-refractivity contribution < 1.29 is 34.1 Å². The normalized spacial score (nSPS) is 11.4. The molecule has 0 unspecified atom stereocenters. The van der Waals surface area contributed by atoms with Crippen molar-refractivity contribution in [3.05, 3.63) is 35.9 Å². The number of benzene rings is 1. The zero-order valence-corrected chi connectivity index (χ0v) is 13.3. The summed E-state index contributed by atoms with van der Waals surface area (Å²) in [5.74, 6) is -3.49. The Morgan fingerprint density at radius 3 is 2.32 bits per heavy atom. The van der Waals surface area contributed by atoms with Crippen LogP contribution in [0.4, 0.5) is 4.79 Å². The van der Waals surface area contributed by atoms with Crippen LogP contribution in [0.2, 0.25) is 0 Å². The van der Waals surface area contributed by atoms with Crippen molar-refractivity contribution in [2.45, 2.75) is 25.5 Å². The second-order valence-corrected chi connectivity index (χ2v) is 5.00. The third-order valence-electron chi connectivity index (χ3n) is 3.06. The molecule has 1 aromatic carbocycles. The van der Waals surface area contributed by atoms with E-state index in [1.807, 2.05) is 0 Å². The van der Waals surface area contributed by atoms with Gasteiger partial charge in [-0.2, -0.15) is 0 Å². The number of rotatable bonds is 10. The number of carboxylic acids is 2. The van der Waals surface area contributed by atoms with Gasteiger partial charge >= 0.3 is 18.0 Å². The summed E-state index contributed by atoms with van der Waals surface area (Å²) in [6, 6.07) is 7.12. The number of hydrogen-bond acceptors (Lipinski definition) is 6. The van der Waals surface area contributed by atoms with Gasteiger partial charge in [-0.05, 0) is 12.0 Å². The first-order valence-corrected chi connectivity index (χ1v) is 7.27. The van der Waals surface area contributed by atoms with Crippen LogP contribution in [-0.4, -0.2) is 51.7 Å². The van der Waals surface area contributed by atoms with Crippen LogP contribution >= 0.6 is 0 Å². The number of carbonyl (C=O) groups excluding carboxylic acids is 2. The van der Waals surface area contributed by atoms with E-state index in [9.17, 15) is 24.3 Å². The molecule has 10 heteroatoms. The predicted octanol–water partition coefficient (Wildman–Crippen LogP) is -0.0669. The molecule has 0 aromatic heterocycles. The third-order valence-corrected chi connectivity index (χ3v) is 3.06. The summed E-state index contributed by atoms with van der Waals surface area (Å²) in [5.41, 5.74) is 7.84. The molecule has 1 rings (SSSR count). The first kappa shape index (κ1) is 19.9. The van der Waals surface area contributed by atoms with Gasteiger partial charge in [0.1, 0.15) is 19.2 Å². The van der Waals surface area contributed by atoms with E-state index < -0.39 is 36.5 Å². The first-order valence-electron chi connectivity index (χ1n) is 7.27. The van der Waals surface area contributed by atoms with E-state index in [0.29, 0.717) is 10.6 Å². The lowest BCUT2D eigenvalue weighted by Gasteiger charge is -2.27. The van der Waals surface area contributed by atoms with Gasteiger partial charge in [0, 0.05) is 6.42 Å². The number of hydrazine groups is 1. The molecule has 0 bridgehead atoms. The van der Waals surface area contributed by atoms with Gasteiger partial charge in [0.05, 0.1) is 0 Å². The second-order valence-electron chi connectivity index (χ2n) is 5.00. The first-order chi connectivity index (χ1) is 11.8. The standard InChI is InChI=1S/C15H19N3O7/c16-12(19)7-6-11(14(22)23)18(17-8-13(20)21)15(24)25-9-10-4-2-1-3-5-10/h1-5,11,17H,6-9H2,(H2,16,19)(H,20,21)(H,22,23)/t11-/m0/s1. The molecule has 0 heterocycles. The number of carboxylic acid groups (broad SMARTS) is 2. The minimum atomic E-state index is -1.52. The van der Waals surface area contributed by atoms with Crippen LogP contribution in [0.1, 0.15) is 18.4 Å². The number of ether oxygens (including phenoxy) is 1. The number of primary amides is 1. The molecule has 0 radical (unpaired) electrons. The highest BCUT2D eigenvalue weighted by molar-refractivity contribution is 5.81. The fraction of sp³-hybridized carbons (Fsp3) is 0.333. The molecule has 0 saturated heterocycles. The van der Waals surface area contributed by atoms with Gasteiger partial charge in [0.15, 0.2) is 0 Å². The number of carbonyl (C=O) groups is 4. The number of nitrogens with zero attached hydrogens (tertiary/aromatic N) is 1. The molecule has 136 valence electrons. The zero-order valence-electron chi connectivity index (χ0n) is 13.3. The molecule has 0 aliphatic rings. The fourth-order valence-electron chi connectivity index (χ4n) is 1.89. The highest BCUT2D eigenvalue weighted by Gasteiger charge is 2.31. The maximum absolute atomic E-state index is 12.2. The summed E-state index contributed by atoms with van der Waals surface area (Å²) in [6.07, 6.45) is -1.67. The molecular formula is C15H19N3O7. The maximum Gasteiger partial charge on any atom is 0.425 e. The fourth-order valence-corrected chi connectivity index (χ4v) is 1.89. The van der Waals surface area contributed by atoms with E-state index in [1.165, 1.54) is 0 Å². The summed E-state index contributed by atoms with van der Waals surface area (Å²) in [5, 5.41) is 18.5. The van der Waals surface area contributed by atoms with E-state index in [2.05, 4.69) is 5.43 Å². The van der Waals surface area contributed by atoms with Crippen molar-refractivity contribution in [2.75, 3.05) is 6.54 Å². The Labute approximate surface area is 143 Å². The minimum Gasteiger partial charge on any atom is -0.480 e. The van der Waals surface area contributed by atoms with Crippen LogP contribution in [0.25, 0.3) is 0 Å². The molecule has 0 saturated carbocycles. The molecule has 5 N–H and O–H groups in total. The number of amides is 2. The summed E-state index contributed by atoms with van der Waals surface area (Å²) < 4.78 is 5.01. The van der Waals surface area contributed by atoms with E-state index in [0.717, 1.165) is 0 Å². The van der Waals surface area contributed by atoms with Crippen molar-refractivity contribution in [1.82, 2.24) is 10.4 Å². The summed E-state index contributed by atoms with van der Waals surface area (Å²) in [6.45, 7) is -0.839. The monoisotopic (exact) mass is 353 g/mol. The van der Waals surface area contributed by atoms with Crippen molar-refractivity contribution in [3.63, 3.8) is 0 Å². The minimum absolute atomic E-state index is 0.132. The van der Waals surface area contributed by atoms with E-state index in [-0.39, 0.29) is 19.4 Å². The van der Waals surface area contributed by atoms with Crippen LogP contribution in [0.5, 0.6) is 0 Å². The Balaban J connectivity index is 2.83. The number of aliphatic carboxylic acids is 2. The highest BCUT2D eigenvalue weighted by atomic mass is 16.6. The smallest absolute Gasteiger partial charge is 0.425 e. The molecule has 2 amide bonds. The quantitative estimate of drug-likeness (QED) is 0.425. The predicted molar refractivity (Wildman–Crippen MR) is 84.0 cm³/mol. The summed E-state index contributed by atoms with van der Waals surface area (Å²) in [4.78, 5) is 45.2. The van der Waals surface area contributed by atoms with Gasteiger partial charge in [-0.15, -0.1) is 0 Å². The molecule has 25 heavy (non-hydrogen) atoms. The molecule has 0 fully saturated rings. The maximum atomic E-state index is 12.2. The van der Waals surface area contributed by atoms with Crippen LogP contribution < -0.4 is 11.2 Å². The van der Waals surface area contributed by atoms with Gasteiger partial charge in [0.25, 0.3) is 0 Å². The molecule has 1 aromatic rings. The van der Waals surface area contributed by atoms with Crippen molar-refractivity contribution >= 4 is 23.9 Å². The van der Waals surface area contributed by atoms with Crippen molar-refractivity contribution in [1.29, 1.82) is 0 Å². The van der Waals surface area contributed by atoms with Gasteiger partial charge in [0.2, 0.25) is 5.91 Å². The average molecular weight is 353 g/mol. The van der Waals surface area contributed by atoms with Gasteiger partial charge < -0.3 is 20.7 Å². The molecule has 10 nitrogen and oxygen atoms in total. The molecule has 0 aliphatic carbocycles. The molecule has 1 atom stereocenters. The van der Waals surface area contributed by atoms with Gasteiger partial charge in [-0.1, -0.05) is 30.3 Å². The molecule has 0 aliphatic heterocycles. The van der Waals surface area contributed by atoms with Crippen LogP contribution in [0.3, 0.4) is 0 Å². The van der Waals surface area contributed by atoms with Gasteiger partial charge in [-0.25, -0.2) is 20.0 Å². The highest BCUT2D eigenvalue weighted by Crippen LogP contribution is 2.09. The van der Waals surface area contributed by atoms with Gasteiger partial charge in [-0.3, -0.25) is 9.59 Å². The van der Waals surface area contributed by atoms with Crippen LogP contribution in [0.15, 0.2) is 30.3 Å². The average Bonchev–Trinajstić information content (AvgIpc) is 2.55. The number of nitrogens with two attached hydrogens (primary N) is 1. The Bertz CT molecular complexity index is 621. The van der Waals surface area contributed by atoms with Crippen LogP contribution in [-0.2, 0) is 25.7 Å². The van der Waals surface area contributed by atoms with Crippen molar-refractivity contribution in [2.24, 2.45) is 5.73 Å². The SMILES string of the molecule is NC(=O)CC[C@@H](C(=O)O)N(NCC(=O)O)C(=O)OCc1ccccc1. The lowest BCUT2D eigenvalue weighted by Crippen LogP contribution is -2.54. The Kier molecular flexibility index (Phi) is 7.87. The van der Waals surface area contributed by atoms with Crippen LogP contribution in [0, 0.1) is 0 Å². The largest absolute Gasteiger partial charge is 0.480 e. The lowest BCUT2D eigenvalue weighted by atomic mass is 10.1. The lowest BCUT2D eigenvalue weighted by molar-refractivity contribution is -0.146. The van der Waals surface area contributed by atoms with E-state index in [1.54, 1.807) is 30.3 Å². The Hall–Kier alpha value is -3.14. The zero-order chi connectivity index (χ0) is 18.8. The number of hydrogen-bond donors (Lipinski definition) is 4. The topological polar surface area (TPSA) is 159 Å². The number of nitrogens with one attached hydrogen (secondary N) is 1. The molecule has 0 spiro atoms. The second kappa shape index (κ2) is 9.88. The van der Waals surface area contributed by atoms with Crippen molar-refractivity contribution in [3.8, 4) is 0 Å². The van der Waals surface area contributed by atoms with E-state index in [4.69, 9.17) is 15.6 Å².